The van der Waals surface area contributed by atoms with E-state index in [0.29, 0.717) is 18.5 Å². The molecule has 0 aromatic heterocycles. The van der Waals surface area contributed by atoms with Crippen LogP contribution in [-0.2, 0) is 27.7 Å². The van der Waals surface area contributed by atoms with E-state index in [1.54, 1.807) is 24.3 Å². The summed E-state index contributed by atoms with van der Waals surface area (Å²) in [6.45, 7) is 0.473. The molecule has 1 aliphatic rings. The highest BCUT2D eigenvalue weighted by molar-refractivity contribution is 7.92. The van der Waals surface area contributed by atoms with Crippen molar-refractivity contribution in [2.75, 3.05) is 23.1 Å². The summed E-state index contributed by atoms with van der Waals surface area (Å²) in [5.74, 6) is -0.425. The van der Waals surface area contributed by atoms with Crippen LogP contribution >= 0.6 is 0 Å². The normalized spacial score (nSPS) is 13.5. The van der Waals surface area contributed by atoms with E-state index in [4.69, 9.17) is 0 Å². The predicted molar refractivity (Wildman–Crippen MR) is 96.1 cm³/mol. The second-order valence-electron chi connectivity index (χ2n) is 5.92. The van der Waals surface area contributed by atoms with Gasteiger partial charge in [0.25, 0.3) is 0 Å². The lowest BCUT2D eigenvalue weighted by molar-refractivity contribution is -0.120. The van der Waals surface area contributed by atoms with Crippen molar-refractivity contribution in [1.82, 2.24) is 5.32 Å². The summed E-state index contributed by atoms with van der Waals surface area (Å²) in [5, 5.41) is 12.3. The predicted octanol–water partition coefficient (Wildman–Crippen LogP) is 1.44. The Morgan fingerprint density at radius 2 is 1.84 bits per heavy atom. The fourth-order valence-electron chi connectivity index (χ4n) is 2.92. The third-order valence-corrected chi connectivity index (χ3v) is 5.98. The average molecular weight is 360 g/mol. The molecular weight excluding hydrogens is 340 g/mol. The number of amides is 1. The number of sulfonamides is 1. The summed E-state index contributed by atoms with van der Waals surface area (Å²) in [6, 6.07) is 14.0. The van der Waals surface area contributed by atoms with E-state index in [1.807, 2.05) is 18.2 Å². The first-order valence-electron chi connectivity index (χ1n) is 8.09. The molecule has 0 unspecified atom stereocenters. The van der Waals surface area contributed by atoms with Gasteiger partial charge in [-0.1, -0.05) is 36.4 Å². The zero-order valence-electron chi connectivity index (χ0n) is 13.7. The van der Waals surface area contributed by atoms with E-state index in [0.717, 1.165) is 11.3 Å². The van der Waals surface area contributed by atoms with Crippen molar-refractivity contribution >= 4 is 21.6 Å². The van der Waals surface area contributed by atoms with Gasteiger partial charge in [0.1, 0.15) is 5.75 Å². The minimum absolute atomic E-state index is 0.0132. The molecule has 1 aliphatic heterocycles. The van der Waals surface area contributed by atoms with Crippen LogP contribution in [0.2, 0.25) is 0 Å². The number of carbonyl (C=O) groups excluding carboxylic acids is 1. The molecule has 6 nitrogen and oxygen atoms in total. The first-order valence-corrected chi connectivity index (χ1v) is 9.70. The molecule has 0 radical (unpaired) electrons. The van der Waals surface area contributed by atoms with Gasteiger partial charge in [-0.2, -0.15) is 0 Å². The van der Waals surface area contributed by atoms with Crippen molar-refractivity contribution < 1.29 is 18.3 Å². The van der Waals surface area contributed by atoms with E-state index in [2.05, 4.69) is 5.32 Å². The maximum atomic E-state index is 12.5. The first kappa shape index (κ1) is 17.3. The SMILES string of the molecule is O=C(Cc1ccccc1O)NCCS(=O)(=O)N1CCc2ccccc21. The van der Waals surface area contributed by atoms with Gasteiger partial charge >= 0.3 is 0 Å². The summed E-state index contributed by atoms with van der Waals surface area (Å²) in [4.78, 5) is 11.9. The molecule has 1 heterocycles. The molecule has 0 saturated carbocycles. The van der Waals surface area contributed by atoms with Crippen molar-refractivity contribution in [3.63, 3.8) is 0 Å². The maximum absolute atomic E-state index is 12.5. The fraction of sp³-hybridized carbons (Fsp3) is 0.278. The Labute approximate surface area is 147 Å². The molecule has 0 atom stereocenters. The van der Waals surface area contributed by atoms with Crippen molar-refractivity contribution in [2.45, 2.75) is 12.8 Å². The number of carbonyl (C=O) groups is 1. The number of benzene rings is 2. The van der Waals surface area contributed by atoms with Gasteiger partial charge in [0.2, 0.25) is 15.9 Å². The van der Waals surface area contributed by atoms with Gasteiger partial charge in [0, 0.05) is 18.7 Å². The van der Waals surface area contributed by atoms with E-state index in [-0.39, 0.29) is 30.4 Å². The number of fused-ring (bicyclic) bond motifs is 1. The number of phenolic OH excluding ortho intramolecular Hbond substituents is 1. The number of nitrogens with one attached hydrogen (secondary N) is 1. The number of anilines is 1. The molecule has 2 N–H and O–H groups in total. The largest absolute Gasteiger partial charge is 0.508 e. The quantitative estimate of drug-likeness (QED) is 0.816. The highest BCUT2D eigenvalue weighted by Gasteiger charge is 2.28. The van der Waals surface area contributed by atoms with E-state index in [9.17, 15) is 18.3 Å². The van der Waals surface area contributed by atoms with Crippen LogP contribution in [0.25, 0.3) is 0 Å². The van der Waals surface area contributed by atoms with E-state index >= 15 is 0 Å². The third-order valence-electron chi connectivity index (χ3n) is 4.21. The summed E-state index contributed by atoms with van der Waals surface area (Å²) in [7, 11) is -3.48. The minimum atomic E-state index is -3.48. The smallest absolute Gasteiger partial charge is 0.236 e. The van der Waals surface area contributed by atoms with Crippen molar-refractivity contribution in [2.24, 2.45) is 0 Å². The van der Waals surface area contributed by atoms with Gasteiger partial charge in [-0.05, 0) is 24.1 Å². The highest BCUT2D eigenvalue weighted by atomic mass is 32.2. The van der Waals surface area contributed by atoms with Crippen LogP contribution in [0.3, 0.4) is 0 Å². The second-order valence-corrected chi connectivity index (χ2v) is 7.94. The first-order chi connectivity index (χ1) is 12.0. The number of nitrogens with zero attached hydrogens (tertiary/aromatic N) is 1. The van der Waals surface area contributed by atoms with Gasteiger partial charge in [0.15, 0.2) is 0 Å². The van der Waals surface area contributed by atoms with Crippen molar-refractivity contribution in [3.8, 4) is 5.75 Å². The summed E-state index contributed by atoms with van der Waals surface area (Å²) in [6.07, 6.45) is 0.717. The number of hydrogen-bond acceptors (Lipinski definition) is 4. The van der Waals surface area contributed by atoms with E-state index < -0.39 is 10.0 Å². The van der Waals surface area contributed by atoms with Crippen LogP contribution < -0.4 is 9.62 Å². The molecule has 7 heteroatoms. The second kappa shape index (κ2) is 7.14. The Balaban J connectivity index is 1.55. The molecule has 0 bridgehead atoms. The Bertz CT molecular complexity index is 880. The molecule has 132 valence electrons. The monoisotopic (exact) mass is 360 g/mol. The Morgan fingerprint density at radius 1 is 1.12 bits per heavy atom. The number of aromatic hydroxyl groups is 1. The van der Waals surface area contributed by atoms with Crippen LogP contribution in [0.5, 0.6) is 5.75 Å². The van der Waals surface area contributed by atoms with Gasteiger partial charge < -0.3 is 10.4 Å². The lowest BCUT2D eigenvalue weighted by Gasteiger charge is -2.19. The molecule has 25 heavy (non-hydrogen) atoms. The van der Waals surface area contributed by atoms with Crippen LogP contribution in [-0.4, -0.2) is 38.3 Å². The zero-order chi connectivity index (χ0) is 17.9. The molecule has 0 fully saturated rings. The van der Waals surface area contributed by atoms with Crippen LogP contribution in [0, 0.1) is 0 Å². The summed E-state index contributed by atoms with van der Waals surface area (Å²) < 4.78 is 26.5. The number of phenols is 1. The summed E-state index contributed by atoms with van der Waals surface area (Å²) in [5.41, 5.74) is 2.26. The van der Waals surface area contributed by atoms with Gasteiger partial charge in [-0.15, -0.1) is 0 Å². The fourth-order valence-corrected chi connectivity index (χ4v) is 4.35. The lowest BCUT2D eigenvalue weighted by atomic mass is 10.1. The van der Waals surface area contributed by atoms with Gasteiger partial charge in [-0.3, -0.25) is 9.10 Å². The van der Waals surface area contributed by atoms with Crippen LogP contribution in [0.15, 0.2) is 48.5 Å². The molecule has 2 aromatic rings. The topological polar surface area (TPSA) is 86.7 Å². The van der Waals surface area contributed by atoms with Crippen LogP contribution in [0.1, 0.15) is 11.1 Å². The molecule has 0 spiro atoms. The average Bonchev–Trinajstić information content (AvgIpc) is 3.02. The maximum Gasteiger partial charge on any atom is 0.236 e. The molecule has 3 rings (SSSR count). The zero-order valence-corrected chi connectivity index (χ0v) is 14.5. The van der Waals surface area contributed by atoms with Crippen LogP contribution in [0.4, 0.5) is 5.69 Å². The Kier molecular flexibility index (Phi) is 4.94. The Hall–Kier alpha value is -2.54. The van der Waals surface area contributed by atoms with E-state index in [1.165, 1.54) is 10.4 Å². The lowest BCUT2D eigenvalue weighted by Crippen LogP contribution is -2.37. The molecule has 0 saturated heterocycles. The molecule has 1 amide bonds. The van der Waals surface area contributed by atoms with Gasteiger partial charge in [-0.25, -0.2) is 8.42 Å². The number of hydrogen-bond donors (Lipinski definition) is 2. The molecule has 2 aromatic carbocycles. The number of para-hydroxylation sites is 2. The molecular formula is C18H20N2O4S. The number of rotatable bonds is 6. The standard InChI is InChI=1S/C18H20N2O4S/c21-17-8-4-2-6-15(17)13-18(22)19-10-12-25(23,24)20-11-9-14-5-1-3-7-16(14)20/h1-8,21H,9-13H2,(H,19,22). The molecule has 0 aliphatic carbocycles. The summed E-state index contributed by atoms with van der Waals surface area (Å²) >= 11 is 0. The van der Waals surface area contributed by atoms with Crippen molar-refractivity contribution in [1.29, 1.82) is 0 Å². The minimum Gasteiger partial charge on any atom is -0.508 e. The van der Waals surface area contributed by atoms with Crippen molar-refractivity contribution in [3.05, 3.63) is 59.7 Å². The van der Waals surface area contributed by atoms with Gasteiger partial charge in [0.05, 0.1) is 17.9 Å². The highest BCUT2D eigenvalue weighted by Crippen LogP contribution is 2.29. The third kappa shape index (κ3) is 3.93. The Morgan fingerprint density at radius 3 is 2.64 bits per heavy atom.